The zero-order valence-electron chi connectivity index (χ0n) is 28.7. The lowest BCUT2D eigenvalue weighted by Gasteiger charge is -2.29. The van der Waals surface area contributed by atoms with E-state index in [1.165, 1.54) is 27.8 Å². The van der Waals surface area contributed by atoms with E-state index < -0.39 is 0 Å². The molecule has 0 amide bonds. The van der Waals surface area contributed by atoms with Gasteiger partial charge in [0.1, 0.15) is 5.82 Å². The molecule has 246 valence electrons. The Kier molecular flexibility index (Phi) is 8.61. The third-order valence-corrected chi connectivity index (χ3v) is 9.67. The number of aryl methyl sites for hydroxylation is 1. The van der Waals surface area contributed by atoms with E-state index in [1.807, 2.05) is 95.9 Å². The molecule has 0 aliphatic carbocycles. The fourth-order valence-electron chi connectivity index (χ4n) is 6.98. The summed E-state index contributed by atoms with van der Waals surface area (Å²) in [6.07, 6.45) is 4.30. The number of nitrogens with zero attached hydrogens (tertiary/aromatic N) is 2. The van der Waals surface area contributed by atoms with Crippen molar-refractivity contribution in [3.05, 3.63) is 204 Å². The van der Waals surface area contributed by atoms with Crippen molar-refractivity contribution >= 4 is 40.1 Å². The van der Waals surface area contributed by atoms with E-state index in [0.717, 1.165) is 44.8 Å². The molecular weight excluding hydrogens is 624 g/mol. The second kappa shape index (κ2) is 13.8. The largest absolute Gasteiger partial charge is 0.314 e. The van der Waals surface area contributed by atoms with E-state index in [1.54, 1.807) is 6.07 Å². The van der Waals surface area contributed by atoms with Gasteiger partial charge in [0.05, 0.1) is 11.2 Å². The van der Waals surface area contributed by atoms with Gasteiger partial charge >= 0.3 is 0 Å². The van der Waals surface area contributed by atoms with Crippen LogP contribution in [0.4, 0.5) is 21.5 Å². The van der Waals surface area contributed by atoms with Gasteiger partial charge in [0.25, 0.3) is 0 Å². The smallest absolute Gasteiger partial charge is 0.148 e. The topological polar surface area (TPSA) is 8.17 Å². The molecule has 0 aliphatic heterocycles. The summed E-state index contributed by atoms with van der Waals surface area (Å²) in [4.78, 5) is 2.02. The molecule has 0 saturated carbocycles. The first-order valence-electron chi connectivity index (χ1n) is 17.3. The van der Waals surface area contributed by atoms with Crippen molar-refractivity contribution in [2.45, 2.75) is 13.8 Å². The van der Waals surface area contributed by atoms with Crippen LogP contribution in [-0.4, -0.2) is 4.57 Å². The first-order chi connectivity index (χ1) is 25.0. The Hall–Kier alpha value is -6.45. The summed E-state index contributed by atoms with van der Waals surface area (Å²) in [6.45, 7) is 4.38. The Morgan fingerprint density at radius 1 is 0.510 bits per heavy atom. The molecule has 0 bridgehead atoms. The normalized spacial score (nSPS) is 11.4. The lowest BCUT2D eigenvalue weighted by Crippen LogP contribution is -2.13. The van der Waals surface area contributed by atoms with Gasteiger partial charge in [-0.25, -0.2) is 4.39 Å². The molecule has 3 heteroatoms. The average Bonchev–Trinajstić information content (AvgIpc) is 3.44. The van der Waals surface area contributed by atoms with Crippen molar-refractivity contribution in [2.75, 3.05) is 4.90 Å². The molecule has 0 radical (unpaired) electrons. The Balaban J connectivity index is 1.17. The predicted octanol–water partition coefficient (Wildman–Crippen LogP) is 13.4. The van der Waals surface area contributed by atoms with E-state index in [-0.39, 0.29) is 5.82 Å². The first-order valence-corrected chi connectivity index (χ1v) is 17.3. The summed E-state index contributed by atoms with van der Waals surface area (Å²) in [5.74, 6) is -0.287. The van der Waals surface area contributed by atoms with Crippen LogP contribution >= 0.6 is 0 Å². The Labute approximate surface area is 299 Å². The SMILES string of the molecule is Cc1c(C)n(-c2ccccc2)c2ccc(C=Cc3ccc(N(c4ccccc4)c4c(F)cc(-c5ccccc5)cc4-c4ccccc4)cc3)cc12. The minimum Gasteiger partial charge on any atom is -0.314 e. The molecule has 0 fully saturated rings. The van der Waals surface area contributed by atoms with Gasteiger partial charge in [-0.1, -0.05) is 127 Å². The van der Waals surface area contributed by atoms with Gasteiger partial charge < -0.3 is 9.47 Å². The minimum atomic E-state index is -0.287. The lowest BCUT2D eigenvalue weighted by atomic mass is 9.95. The van der Waals surface area contributed by atoms with Gasteiger partial charge in [0.2, 0.25) is 0 Å². The molecule has 0 saturated heterocycles. The number of benzene rings is 7. The van der Waals surface area contributed by atoms with Gasteiger partial charge in [0.15, 0.2) is 0 Å². The number of fused-ring (bicyclic) bond motifs is 1. The standard InChI is InChI=1S/C48H37FN2/c1-34-35(2)50(41-19-11-5-12-20-41)47-30-27-37(31-44(34)47)24-23-36-25-28-43(29-26-36)51(42-21-13-6-14-22-42)48-45(39-17-9-4-10-18-39)32-40(33-46(48)49)38-15-7-3-8-16-38/h3-33H,1-2H3. The van der Waals surface area contributed by atoms with E-state index in [4.69, 9.17) is 0 Å². The van der Waals surface area contributed by atoms with Crippen LogP contribution in [0.1, 0.15) is 22.4 Å². The lowest BCUT2D eigenvalue weighted by molar-refractivity contribution is 0.630. The van der Waals surface area contributed by atoms with E-state index >= 15 is 4.39 Å². The molecule has 0 aliphatic rings. The highest BCUT2D eigenvalue weighted by atomic mass is 19.1. The maximum Gasteiger partial charge on any atom is 0.148 e. The van der Waals surface area contributed by atoms with Crippen molar-refractivity contribution < 1.29 is 4.39 Å². The van der Waals surface area contributed by atoms with Crippen molar-refractivity contribution in [1.82, 2.24) is 4.57 Å². The number of aromatic nitrogens is 1. The second-order valence-electron chi connectivity index (χ2n) is 12.8. The van der Waals surface area contributed by atoms with Crippen LogP contribution in [0.3, 0.4) is 0 Å². The number of hydrogen-bond donors (Lipinski definition) is 0. The molecule has 0 unspecified atom stereocenters. The fourth-order valence-corrected chi connectivity index (χ4v) is 6.98. The Bertz CT molecular complexity index is 2460. The highest BCUT2D eigenvalue weighted by Crippen LogP contribution is 2.44. The fraction of sp³-hybridized carbons (Fsp3) is 0.0417. The maximum absolute atomic E-state index is 16.7. The van der Waals surface area contributed by atoms with Crippen molar-refractivity contribution in [1.29, 1.82) is 0 Å². The Morgan fingerprint density at radius 2 is 1.06 bits per heavy atom. The number of anilines is 3. The number of rotatable bonds is 8. The molecule has 1 aromatic heterocycles. The van der Waals surface area contributed by atoms with Gasteiger partial charge in [-0.3, -0.25) is 0 Å². The third kappa shape index (κ3) is 6.26. The second-order valence-corrected chi connectivity index (χ2v) is 12.8. The van der Waals surface area contributed by atoms with Crippen molar-refractivity contribution in [3.8, 4) is 27.9 Å². The average molecular weight is 661 g/mol. The molecule has 0 N–H and O–H groups in total. The highest BCUT2D eigenvalue weighted by molar-refractivity contribution is 5.92. The van der Waals surface area contributed by atoms with Crippen LogP contribution in [0.2, 0.25) is 0 Å². The summed E-state index contributed by atoms with van der Waals surface area (Å²) in [7, 11) is 0. The summed E-state index contributed by atoms with van der Waals surface area (Å²) < 4.78 is 19.0. The molecule has 8 aromatic rings. The molecule has 0 atom stereocenters. The van der Waals surface area contributed by atoms with E-state index in [9.17, 15) is 0 Å². The molecule has 8 rings (SSSR count). The monoisotopic (exact) mass is 660 g/mol. The van der Waals surface area contributed by atoms with Gasteiger partial charge in [0, 0.05) is 33.7 Å². The highest BCUT2D eigenvalue weighted by Gasteiger charge is 2.23. The number of halogens is 1. The Morgan fingerprint density at radius 3 is 1.73 bits per heavy atom. The van der Waals surface area contributed by atoms with Crippen LogP contribution in [0.15, 0.2) is 176 Å². The summed E-state index contributed by atoms with van der Waals surface area (Å²) in [5, 5.41) is 1.25. The number of hydrogen-bond acceptors (Lipinski definition) is 1. The van der Waals surface area contributed by atoms with Crippen LogP contribution in [0.25, 0.3) is 51.0 Å². The van der Waals surface area contributed by atoms with E-state index in [0.29, 0.717) is 5.69 Å². The van der Waals surface area contributed by atoms with Crippen LogP contribution in [-0.2, 0) is 0 Å². The molecule has 7 aromatic carbocycles. The zero-order chi connectivity index (χ0) is 34.7. The van der Waals surface area contributed by atoms with Crippen LogP contribution < -0.4 is 4.90 Å². The van der Waals surface area contributed by atoms with Crippen molar-refractivity contribution in [3.63, 3.8) is 0 Å². The van der Waals surface area contributed by atoms with E-state index in [2.05, 4.69) is 109 Å². The summed E-state index contributed by atoms with van der Waals surface area (Å²) >= 11 is 0. The van der Waals surface area contributed by atoms with Gasteiger partial charge in [-0.05, 0) is 108 Å². The van der Waals surface area contributed by atoms with Gasteiger partial charge in [-0.15, -0.1) is 0 Å². The van der Waals surface area contributed by atoms with Crippen LogP contribution in [0.5, 0.6) is 0 Å². The predicted molar refractivity (Wildman–Crippen MR) is 214 cm³/mol. The molecule has 51 heavy (non-hydrogen) atoms. The molecular formula is C48H37FN2. The minimum absolute atomic E-state index is 0.287. The molecule has 2 nitrogen and oxygen atoms in total. The first kappa shape index (κ1) is 31.8. The molecule has 1 heterocycles. The number of para-hydroxylation sites is 2. The maximum atomic E-state index is 16.7. The van der Waals surface area contributed by atoms with Gasteiger partial charge in [-0.2, -0.15) is 0 Å². The third-order valence-electron chi connectivity index (χ3n) is 9.67. The summed E-state index contributed by atoms with van der Waals surface area (Å²) in [6, 6.07) is 59.3. The zero-order valence-corrected chi connectivity index (χ0v) is 28.7. The van der Waals surface area contributed by atoms with Crippen LogP contribution in [0, 0.1) is 19.7 Å². The molecule has 0 spiro atoms. The quantitative estimate of drug-likeness (QED) is 0.147. The summed E-state index contributed by atoms with van der Waals surface area (Å²) in [5.41, 5.74) is 13.0. The van der Waals surface area contributed by atoms with Crippen molar-refractivity contribution in [2.24, 2.45) is 0 Å².